The number of carbonyl (C=O) groups is 3. The lowest BCUT2D eigenvalue weighted by Gasteiger charge is -2.18. The molecule has 2 unspecified atom stereocenters. The molecule has 0 aromatic heterocycles. The molecule has 0 aliphatic rings. The first-order valence-electron chi connectivity index (χ1n) is 31.2. The summed E-state index contributed by atoms with van der Waals surface area (Å²) >= 11 is 0. The number of unbranched alkanes of at least 4 members (excludes halogenated alkanes) is 37. The summed E-state index contributed by atoms with van der Waals surface area (Å²) in [5.41, 5.74) is 0. The van der Waals surface area contributed by atoms with E-state index in [1.54, 1.807) is 0 Å². The third kappa shape index (κ3) is 54.0. The van der Waals surface area contributed by atoms with E-state index in [0.29, 0.717) is 19.3 Å². The van der Waals surface area contributed by atoms with Gasteiger partial charge in [0.1, 0.15) is 13.2 Å². The van der Waals surface area contributed by atoms with E-state index >= 15 is 0 Å². The van der Waals surface area contributed by atoms with Crippen LogP contribution in [0, 0.1) is 17.8 Å². The average molecular weight is 976 g/mol. The lowest BCUT2D eigenvalue weighted by atomic mass is 9.99. The number of ether oxygens (including phenoxy) is 3. The molecule has 69 heavy (non-hydrogen) atoms. The van der Waals surface area contributed by atoms with E-state index in [2.05, 4.69) is 41.5 Å². The molecule has 0 fully saturated rings. The highest BCUT2D eigenvalue weighted by molar-refractivity contribution is 5.71. The standard InChI is InChI=1S/C63H122O6/c1-7-58(5)50-44-38-32-28-24-20-16-11-9-10-12-17-21-25-29-33-40-46-52-61(64)67-55-60(56-68-62(65)53-47-41-36-35-39-45-51-59(6)8-2)69-63(66)54-48-42-34-30-26-22-18-14-13-15-19-23-27-31-37-43-49-57(3)4/h57-60H,7-56H2,1-6H3/t58?,59?,60-/m1/s1. The molecular weight excluding hydrogens is 853 g/mol. The van der Waals surface area contributed by atoms with Crippen LogP contribution in [0.25, 0.3) is 0 Å². The topological polar surface area (TPSA) is 78.9 Å². The highest BCUT2D eigenvalue weighted by Crippen LogP contribution is 2.20. The fraction of sp³-hybridized carbons (Fsp3) is 0.952. The Morgan fingerprint density at radius 3 is 0.754 bits per heavy atom. The molecule has 0 rings (SSSR count). The molecule has 0 saturated carbocycles. The van der Waals surface area contributed by atoms with Gasteiger partial charge < -0.3 is 14.2 Å². The van der Waals surface area contributed by atoms with Gasteiger partial charge in [0.15, 0.2) is 6.10 Å². The van der Waals surface area contributed by atoms with Crippen molar-refractivity contribution in [3.8, 4) is 0 Å². The third-order valence-corrected chi connectivity index (χ3v) is 15.1. The van der Waals surface area contributed by atoms with Crippen molar-refractivity contribution in [3.63, 3.8) is 0 Å². The van der Waals surface area contributed by atoms with Crippen molar-refractivity contribution in [2.75, 3.05) is 13.2 Å². The minimum absolute atomic E-state index is 0.0637. The SMILES string of the molecule is CCC(C)CCCCCCCCCCCCCCCCCCCCC(=O)OC[C@H](COC(=O)CCCCCCCCC(C)CC)OC(=O)CCCCCCCCCCCCCCCCCCC(C)C. The summed E-state index contributed by atoms with van der Waals surface area (Å²) in [4.78, 5) is 38.2. The molecule has 0 N–H and O–H groups in total. The van der Waals surface area contributed by atoms with Gasteiger partial charge in [0, 0.05) is 19.3 Å². The van der Waals surface area contributed by atoms with Gasteiger partial charge >= 0.3 is 17.9 Å². The second-order valence-electron chi connectivity index (χ2n) is 22.7. The Morgan fingerprint density at radius 1 is 0.290 bits per heavy atom. The molecule has 0 radical (unpaired) electrons. The molecule has 410 valence electrons. The van der Waals surface area contributed by atoms with Crippen LogP contribution in [-0.4, -0.2) is 37.2 Å². The number of carbonyl (C=O) groups excluding carboxylic acids is 3. The van der Waals surface area contributed by atoms with Crippen molar-refractivity contribution >= 4 is 17.9 Å². The van der Waals surface area contributed by atoms with E-state index in [1.165, 1.54) is 231 Å². The largest absolute Gasteiger partial charge is 0.462 e. The monoisotopic (exact) mass is 975 g/mol. The Kier molecular flexibility index (Phi) is 52.9. The Labute approximate surface area is 431 Å². The molecule has 0 bridgehead atoms. The van der Waals surface area contributed by atoms with E-state index in [1.807, 2.05) is 0 Å². The van der Waals surface area contributed by atoms with Crippen molar-refractivity contribution in [2.24, 2.45) is 17.8 Å². The second kappa shape index (κ2) is 54.2. The smallest absolute Gasteiger partial charge is 0.306 e. The summed E-state index contributed by atoms with van der Waals surface area (Å²) in [7, 11) is 0. The molecule has 0 heterocycles. The minimum atomic E-state index is -0.764. The van der Waals surface area contributed by atoms with E-state index in [0.717, 1.165) is 75.5 Å². The van der Waals surface area contributed by atoms with E-state index in [4.69, 9.17) is 14.2 Å². The van der Waals surface area contributed by atoms with Gasteiger partial charge in [-0.3, -0.25) is 14.4 Å². The number of rotatable bonds is 56. The number of hydrogen-bond donors (Lipinski definition) is 0. The highest BCUT2D eigenvalue weighted by atomic mass is 16.6. The minimum Gasteiger partial charge on any atom is -0.462 e. The Morgan fingerprint density at radius 2 is 0.507 bits per heavy atom. The summed E-state index contributed by atoms with van der Waals surface area (Å²) < 4.78 is 16.9. The molecule has 0 aromatic rings. The second-order valence-corrected chi connectivity index (χ2v) is 22.7. The Hall–Kier alpha value is -1.59. The van der Waals surface area contributed by atoms with Gasteiger partial charge in [0.05, 0.1) is 0 Å². The van der Waals surface area contributed by atoms with Crippen LogP contribution >= 0.6 is 0 Å². The number of esters is 3. The predicted octanol–water partition coefficient (Wildman–Crippen LogP) is 20.7. The molecule has 0 amide bonds. The molecule has 6 nitrogen and oxygen atoms in total. The summed E-state index contributed by atoms with van der Waals surface area (Å²) in [5.74, 6) is 1.73. The maximum absolute atomic E-state index is 12.9. The summed E-state index contributed by atoms with van der Waals surface area (Å²) in [5, 5.41) is 0. The maximum atomic E-state index is 12.9. The molecular formula is C63H122O6. The van der Waals surface area contributed by atoms with Gasteiger partial charge in [0.2, 0.25) is 0 Å². The molecule has 3 atom stereocenters. The van der Waals surface area contributed by atoms with Crippen molar-refractivity contribution in [1.82, 2.24) is 0 Å². The summed E-state index contributed by atoms with van der Waals surface area (Å²) in [6.45, 7) is 13.8. The zero-order valence-corrected chi connectivity index (χ0v) is 47.6. The normalized spacial score (nSPS) is 12.9. The zero-order valence-electron chi connectivity index (χ0n) is 47.6. The van der Waals surface area contributed by atoms with Crippen LogP contribution < -0.4 is 0 Å². The predicted molar refractivity (Wildman–Crippen MR) is 298 cm³/mol. The van der Waals surface area contributed by atoms with Crippen molar-refractivity contribution in [2.45, 2.75) is 356 Å². The van der Waals surface area contributed by atoms with Crippen LogP contribution in [0.15, 0.2) is 0 Å². The molecule has 0 aliphatic heterocycles. The van der Waals surface area contributed by atoms with Crippen LogP contribution in [0.3, 0.4) is 0 Å². The summed E-state index contributed by atoms with van der Waals surface area (Å²) in [6, 6.07) is 0. The lowest BCUT2D eigenvalue weighted by molar-refractivity contribution is -0.167. The van der Waals surface area contributed by atoms with Gasteiger partial charge in [-0.25, -0.2) is 0 Å². The van der Waals surface area contributed by atoms with Gasteiger partial charge in [0.25, 0.3) is 0 Å². The van der Waals surface area contributed by atoms with Crippen LogP contribution in [-0.2, 0) is 28.6 Å². The van der Waals surface area contributed by atoms with Crippen LogP contribution in [0.5, 0.6) is 0 Å². The molecule has 0 aromatic carbocycles. The van der Waals surface area contributed by atoms with E-state index in [9.17, 15) is 14.4 Å². The molecule has 6 heteroatoms. The first-order chi connectivity index (χ1) is 33.7. The average Bonchev–Trinajstić information content (AvgIpc) is 3.34. The first-order valence-corrected chi connectivity index (χ1v) is 31.2. The van der Waals surface area contributed by atoms with Gasteiger partial charge in [-0.1, -0.05) is 311 Å². The number of hydrogen-bond acceptors (Lipinski definition) is 6. The zero-order chi connectivity index (χ0) is 50.5. The molecule has 0 aliphatic carbocycles. The Bertz CT molecular complexity index is 1070. The van der Waals surface area contributed by atoms with E-state index in [-0.39, 0.29) is 31.1 Å². The summed E-state index contributed by atoms with van der Waals surface area (Å²) in [6.07, 6.45) is 58.2. The quantitative estimate of drug-likeness (QED) is 0.0343. The van der Waals surface area contributed by atoms with Gasteiger partial charge in [-0.15, -0.1) is 0 Å². The van der Waals surface area contributed by atoms with Crippen LogP contribution in [0.1, 0.15) is 350 Å². The third-order valence-electron chi connectivity index (χ3n) is 15.1. The molecule has 0 saturated heterocycles. The fourth-order valence-electron chi connectivity index (χ4n) is 9.64. The van der Waals surface area contributed by atoms with Crippen LogP contribution in [0.4, 0.5) is 0 Å². The fourth-order valence-corrected chi connectivity index (χ4v) is 9.64. The Balaban J connectivity index is 4.20. The first kappa shape index (κ1) is 67.4. The van der Waals surface area contributed by atoms with Gasteiger partial charge in [-0.05, 0) is 37.0 Å². The van der Waals surface area contributed by atoms with Crippen molar-refractivity contribution in [3.05, 3.63) is 0 Å². The lowest BCUT2D eigenvalue weighted by Crippen LogP contribution is -2.30. The van der Waals surface area contributed by atoms with Crippen molar-refractivity contribution < 1.29 is 28.6 Å². The van der Waals surface area contributed by atoms with Gasteiger partial charge in [-0.2, -0.15) is 0 Å². The molecule has 0 spiro atoms. The van der Waals surface area contributed by atoms with E-state index < -0.39 is 6.10 Å². The highest BCUT2D eigenvalue weighted by Gasteiger charge is 2.19. The maximum Gasteiger partial charge on any atom is 0.306 e. The van der Waals surface area contributed by atoms with Crippen LogP contribution in [0.2, 0.25) is 0 Å². The van der Waals surface area contributed by atoms with Crippen molar-refractivity contribution in [1.29, 1.82) is 0 Å².